The number of fused-ring (bicyclic) bond motifs is 9. The SMILES string of the molecule is BrC1=CN=CC1.C.C1=NC(n2c3ccccc3c3ccccc32)=CC1.CC(=O)N(C)C.CI.CI.C[n+]1ccn(-c2cc(-n3cc[n+](C)c3)cc(C(F)(F)F)c2)c1.Cn1cnc(-n2c3ccccc3c3ccccc32)c1.FC(F)(F)c1cc(-n2ccnc2)cc(-n2ccnc2)c1.FC(F)(F)c1cc(Br)cc(Br)c1.c1c[nH]cn1.c1ccc2c(c1)Cc1ccccc1-2. The highest BCUT2D eigenvalue weighted by atomic mass is 127. The van der Waals surface area contributed by atoms with Crippen LogP contribution in [0.15, 0.2) is 342 Å². The van der Waals surface area contributed by atoms with Crippen LogP contribution < -0.4 is 9.13 Å². The lowest BCUT2D eigenvalue weighted by atomic mass is 10.1. The Labute approximate surface area is 776 Å². The minimum Gasteiger partial charge on any atom is -0.351 e. The van der Waals surface area contributed by atoms with Crippen LogP contribution in [0.5, 0.6) is 0 Å². The molecule has 126 heavy (non-hydrogen) atoms. The quantitative estimate of drug-likeness (QED) is 0.0760. The van der Waals surface area contributed by atoms with Gasteiger partial charge in [0.2, 0.25) is 18.6 Å². The van der Waals surface area contributed by atoms with E-state index in [0.717, 1.165) is 67.3 Å². The number of aromatic nitrogens is 14. The maximum Gasteiger partial charge on any atom is 0.416 e. The lowest BCUT2D eigenvalue weighted by molar-refractivity contribution is -0.670. The number of benzene rings is 9. The number of carbonyl (C=O) groups is 1. The maximum atomic E-state index is 13.2. The van der Waals surface area contributed by atoms with E-state index < -0.39 is 35.2 Å². The van der Waals surface area contributed by atoms with Gasteiger partial charge in [0.1, 0.15) is 42.0 Å². The number of carbonyl (C=O) groups excluding carboxylic acids is 1. The van der Waals surface area contributed by atoms with Crippen LogP contribution in [0.1, 0.15) is 55.0 Å². The van der Waals surface area contributed by atoms with Gasteiger partial charge in [0.05, 0.1) is 78.2 Å². The van der Waals surface area contributed by atoms with Crippen molar-refractivity contribution in [3.8, 4) is 39.7 Å². The zero-order valence-electron chi connectivity index (χ0n) is 68.7. The molecule has 18 nitrogen and oxygen atoms in total. The van der Waals surface area contributed by atoms with Crippen molar-refractivity contribution in [1.82, 2.24) is 61.8 Å². The van der Waals surface area contributed by atoms with Crippen LogP contribution in [0.4, 0.5) is 39.5 Å². The molecule has 0 saturated carbocycles. The Hall–Kier alpha value is -11.6. The number of para-hydroxylation sites is 4. The predicted molar refractivity (Wildman–Crippen MR) is 514 cm³/mol. The number of nitrogens with one attached hydrogen (secondary N) is 1. The Kier molecular flexibility index (Phi) is 36.3. The summed E-state index contributed by atoms with van der Waals surface area (Å²) in [5, 5.41) is 5.11. The number of imidazole rings is 6. The Bertz CT molecular complexity index is 6180. The van der Waals surface area contributed by atoms with Crippen molar-refractivity contribution in [2.24, 2.45) is 31.1 Å². The van der Waals surface area contributed by atoms with Gasteiger partial charge in [0.25, 0.3) is 0 Å². The van der Waals surface area contributed by atoms with Gasteiger partial charge in [-0.2, -0.15) is 39.5 Å². The van der Waals surface area contributed by atoms with E-state index in [9.17, 15) is 44.3 Å². The third kappa shape index (κ3) is 26.7. The summed E-state index contributed by atoms with van der Waals surface area (Å²) in [7, 11) is 9.07. The minimum absolute atomic E-state index is 0. The molecule has 0 unspecified atom stereocenters. The third-order valence-electron chi connectivity index (χ3n) is 18.7. The molecule has 9 aromatic carbocycles. The summed E-state index contributed by atoms with van der Waals surface area (Å²) < 4.78 is 133. The molecule has 8 aromatic heterocycles. The van der Waals surface area contributed by atoms with Crippen LogP contribution in [0.25, 0.3) is 89.1 Å². The van der Waals surface area contributed by atoms with Crippen LogP contribution >= 0.6 is 93.0 Å². The highest BCUT2D eigenvalue weighted by Crippen LogP contribution is 2.39. The van der Waals surface area contributed by atoms with Crippen molar-refractivity contribution in [2.75, 3.05) is 24.0 Å². The first-order valence-corrected chi connectivity index (χ1v) is 44.8. The molecule has 3 aliphatic rings. The smallest absolute Gasteiger partial charge is 0.351 e. The van der Waals surface area contributed by atoms with Gasteiger partial charge in [0.15, 0.2) is 5.82 Å². The number of hydrogen-bond donors (Lipinski definition) is 1. The van der Waals surface area contributed by atoms with Crippen molar-refractivity contribution in [1.29, 1.82) is 0 Å². The van der Waals surface area contributed by atoms with Crippen molar-refractivity contribution in [3.63, 3.8) is 0 Å². The molecule has 32 heteroatoms. The van der Waals surface area contributed by atoms with E-state index in [1.165, 1.54) is 116 Å². The number of aliphatic imine (C=N–C) groups is 2. The molecule has 652 valence electrons. The second-order valence-corrected chi connectivity index (χ2v) is 30.4. The van der Waals surface area contributed by atoms with Gasteiger partial charge in [-0.3, -0.25) is 18.9 Å². The van der Waals surface area contributed by atoms with Gasteiger partial charge < -0.3 is 23.6 Å². The number of H-pyrrole nitrogens is 1. The van der Waals surface area contributed by atoms with E-state index in [0.29, 0.717) is 31.7 Å². The zero-order valence-corrected chi connectivity index (χ0v) is 77.7. The number of nitrogens with zero attached hydrogens (tertiary/aromatic N) is 16. The van der Waals surface area contributed by atoms with Crippen LogP contribution in [-0.2, 0) is 50.9 Å². The van der Waals surface area contributed by atoms with Gasteiger partial charge in [0, 0.05) is 155 Å². The van der Waals surface area contributed by atoms with E-state index in [4.69, 9.17) is 0 Å². The minimum atomic E-state index is -4.41. The number of aryl methyl sites for hydroxylation is 3. The highest BCUT2D eigenvalue weighted by Gasteiger charge is 2.34. The Morgan fingerprint density at radius 2 is 0.905 bits per heavy atom. The number of aromatic amines is 1. The fraction of sp³-hybridized carbons (Fsp3) is 0.160. The van der Waals surface area contributed by atoms with Gasteiger partial charge >= 0.3 is 18.5 Å². The van der Waals surface area contributed by atoms with Gasteiger partial charge in [-0.25, -0.2) is 43.2 Å². The molecule has 0 radical (unpaired) electrons. The number of halogens is 14. The maximum absolute atomic E-state index is 13.2. The topological polar surface area (TPSA) is 155 Å². The Balaban J connectivity index is 0.000000164. The molecule has 17 aromatic rings. The second-order valence-electron chi connectivity index (χ2n) is 27.6. The number of hydrogen-bond acceptors (Lipinski definition) is 7. The van der Waals surface area contributed by atoms with Gasteiger partial charge in [-0.15, -0.1) is 0 Å². The van der Waals surface area contributed by atoms with Crippen molar-refractivity contribution in [3.05, 3.63) is 360 Å². The van der Waals surface area contributed by atoms with Gasteiger partial charge in [-0.05, 0) is 117 Å². The van der Waals surface area contributed by atoms with Crippen molar-refractivity contribution >= 4 is 161 Å². The standard InChI is InChI=1S/C16H13N3.C16H12N2.C15H15F3N4.C13H9F3N4.C13H10.C7H3Br2F3.C4H4BrN.C4H9NO.C3H4N2.2CH3I.CH4/c1-18-10-16(17-11-18)19-14-8-4-2-6-12(14)13-7-3-5-9-15(13)19;1-3-8-14-12(6-1)13-7-2-4-9-15(13)18(14)16-10-5-11-17-16;1-19-3-5-21(10-19)13-7-12(15(16,17)18)8-14(9-13)22-6-4-20(2)11-22;14-13(15,16)10-5-11(19-3-1-17-8-19)7-12(6-10)20-4-2-18-9-20;1-3-7-12-10(5-1)9-11-6-2-4-8-13(11)12;8-5-1-4(7(10,11)12)2-6(9)3-5;5-4-1-2-6-3-4;1-4(6)5(2)3;1-2-5-3-4-1;2*1-2;/h2-11H,1H3;1-4,6-11H,5H2;3-11H,1-2H3;1-9H;1-8H,9H2;1-3H;2-3H,1H2;1-3H3;1-3H,(H,4,5);2*1H3;1H4/q;;+2;;;;;;;;;. The molecule has 20 rings (SSSR count). The molecular weight excluding hydrogens is 2050 g/mol. The normalized spacial score (nSPS) is 11.8. The molecule has 0 bridgehead atoms. The molecule has 1 N–H and O–H groups in total. The van der Waals surface area contributed by atoms with Crippen molar-refractivity contribution < 1.29 is 53.4 Å². The first-order valence-electron chi connectivity index (χ1n) is 38.1. The summed E-state index contributed by atoms with van der Waals surface area (Å²) in [5.41, 5.74) is 10.2. The molecule has 10 heterocycles. The zero-order chi connectivity index (χ0) is 90.0. The lowest BCUT2D eigenvalue weighted by Gasteiger charge is -2.13. The number of amides is 1. The molecule has 0 spiro atoms. The van der Waals surface area contributed by atoms with E-state index in [1.807, 2.05) is 60.5 Å². The predicted octanol–water partition coefficient (Wildman–Crippen LogP) is 25.0. The fourth-order valence-corrected chi connectivity index (χ4v) is 14.4. The summed E-state index contributed by atoms with van der Waals surface area (Å²) in [6.07, 6.45) is 26.2. The van der Waals surface area contributed by atoms with E-state index in [1.54, 1.807) is 125 Å². The molecule has 0 fully saturated rings. The van der Waals surface area contributed by atoms with Crippen LogP contribution in [0.3, 0.4) is 0 Å². The fourth-order valence-electron chi connectivity index (χ4n) is 12.8. The molecule has 2 aliphatic heterocycles. The first-order chi connectivity index (χ1) is 60.0. The van der Waals surface area contributed by atoms with Crippen LogP contribution in [-0.4, -0.2) is 104 Å². The average molecular weight is 2140 g/mol. The molecule has 0 atom stereocenters. The lowest BCUT2D eigenvalue weighted by Crippen LogP contribution is -2.24. The number of rotatable bonds is 6. The Morgan fingerprint density at radius 3 is 1.21 bits per heavy atom. The summed E-state index contributed by atoms with van der Waals surface area (Å²) in [6.45, 7) is 1.53. The van der Waals surface area contributed by atoms with E-state index in [2.05, 4.69) is 289 Å². The summed E-state index contributed by atoms with van der Waals surface area (Å²) >= 11 is 13.5. The molecule has 0 saturated heterocycles. The molecule has 1 aliphatic carbocycles. The number of allylic oxidation sites excluding steroid dienone is 2. The molecular formula is C94H89Br3F9I2N17O+2. The summed E-state index contributed by atoms with van der Waals surface area (Å²) in [5.74, 6) is 2.09. The monoisotopic (exact) mass is 2130 g/mol. The average Bonchev–Trinajstić information content (AvgIpc) is 1.61. The van der Waals surface area contributed by atoms with Crippen molar-refractivity contribution in [2.45, 2.75) is 52.1 Å². The highest BCUT2D eigenvalue weighted by molar-refractivity contribution is 14.1. The first kappa shape index (κ1) is 98.2. The van der Waals surface area contributed by atoms with E-state index in [-0.39, 0.29) is 13.3 Å². The van der Waals surface area contributed by atoms with Gasteiger partial charge in [-0.1, -0.05) is 222 Å². The Morgan fingerprint density at radius 1 is 0.500 bits per heavy atom. The van der Waals surface area contributed by atoms with E-state index >= 15 is 0 Å². The largest absolute Gasteiger partial charge is 0.416 e. The second kappa shape index (κ2) is 46.6. The third-order valence-corrected chi connectivity index (χ3v) is 20.1. The number of alkyl halides is 11. The summed E-state index contributed by atoms with van der Waals surface area (Å²) in [4.78, 5) is 42.4. The van der Waals surface area contributed by atoms with Crippen LogP contribution in [0.2, 0.25) is 0 Å². The van der Waals surface area contributed by atoms with Crippen LogP contribution in [0, 0.1) is 0 Å². The summed E-state index contributed by atoms with van der Waals surface area (Å²) in [6, 6.07) is 62.7. The molecule has 1 amide bonds.